The first-order valence-corrected chi connectivity index (χ1v) is 7.33. The highest BCUT2D eigenvalue weighted by Gasteiger charge is 2.19. The Labute approximate surface area is 116 Å². The van der Waals surface area contributed by atoms with Gasteiger partial charge in [-0.15, -0.1) is 0 Å². The van der Waals surface area contributed by atoms with Gasteiger partial charge in [-0.2, -0.15) is 0 Å². The number of hydrogen-bond acceptors (Lipinski definition) is 3. The Morgan fingerprint density at radius 2 is 1.95 bits per heavy atom. The molecule has 1 aromatic rings. The normalized spacial score (nSPS) is 18.9. The summed E-state index contributed by atoms with van der Waals surface area (Å²) < 4.78 is 5.29. The second-order valence-electron chi connectivity index (χ2n) is 5.64. The van der Waals surface area contributed by atoms with Gasteiger partial charge in [-0.3, -0.25) is 11.3 Å². The third-order valence-corrected chi connectivity index (χ3v) is 4.38. The lowest BCUT2D eigenvalue weighted by Crippen LogP contribution is -2.28. The predicted molar refractivity (Wildman–Crippen MR) is 78.8 cm³/mol. The van der Waals surface area contributed by atoms with Gasteiger partial charge in [0.05, 0.1) is 6.10 Å². The number of nitrogens with two attached hydrogens (primary N) is 1. The zero-order valence-corrected chi connectivity index (χ0v) is 12.1. The van der Waals surface area contributed by atoms with E-state index in [0.29, 0.717) is 0 Å². The van der Waals surface area contributed by atoms with Gasteiger partial charge in [0.2, 0.25) is 0 Å². The molecule has 1 aliphatic rings. The monoisotopic (exact) mass is 262 g/mol. The Morgan fingerprint density at radius 3 is 2.42 bits per heavy atom. The number of hydrogen-bond donors (Lipinski definition) is 2. The van der Waals surface area contributed by atoms with Crippen molar-refractivity contribution in [3.8, 4) is 0 Å². The fourth-order valence-electron chi connectivity index (χ4n) is 2.61. The Hall–Kier alpha value is -0.900. The Morgan fingerprint density at radius 1 is 1.26 bits per heavy atom. The molecule has 1 saturated carbocycles. The van der Waals surface area contributed by atoms with Crippen LogP contribution in [0.1, 0.15) is 62.1 Å². The van der Waals surface area contributed by atoms with Gasteiger partial charge in [0.1, 0.15) is 0 Å². The van der Waals surface area contributed by atoms with Gasteiger partial charge >= 0.3 is 0 Å². The van der Waals surface area contributed by atoms with Crippen LogP contribution in [-0.4, -0.2) is 13.2 Å². The Bertz CT molecular complexity index is 373. The molecule has 106 valence electrons. The molecular formula is C16H26N2O. The number of benzene rings is 1. The highest BCUT2D eigenvalue weighted by atomic mass is 16.5. The van der Waals surface area contributed by atoms with E-state index in [9.17, 15) is 0 Å². The van der Waals surface area contributed by atoms with Crippen LogP contribution in [0.5, 0.6) is 0 Å². The number of rotatable bonds is 7. The first kappa shape index (κ1) is 14.5. The van der Waals surface area contributed by atoms with Gasteiger partial charge < -0.3 is 4.74 Å². The van der Waals surface area contributed by atoms with E-state index in [0.717, 1.165) is 18.8 Å². The Balaban J connectivity index is 1.93. The van der Waals surface area contributed by atoms with E-state index in [-0.39, 0.29) is 12.1 Å². The van der Waals surface area contributed by atoms with Crippen molar-refractivity contribution in [3.05, 3.63) is 35.4 Å². The van der Waals surface area contributed by atoms with Gasteiger partial charge in [0.15, 0.2) is 0 Å². The standard InChI is InChI=1S/C16H26N2O/c1-12(19-2)6-11-16(18-17)15-9-7-14(8-10-15)13-4-3-5-13/h7-10,12-13,16,18H,3-6,11,17H2,1-2H3. The average molecular weight is 262 g/mol. The van der Waals surface area contributed by atoms with Gasteiger partial charge in [-0.25, -0.2) is 0 Å². The first-order chi connectivity index (χ1) is 9.24. The summed E-state index contributed by atoms with van der Waals surface area (Å²) in [7, 11) is 1.75. The van der Waals surface area contributed by atoms with Gasteiger partial charge in [-0.1, -0.05) is 30.7 Å². The average Bonchev–Trinajstić information content (AvgIpc) is 2.39. The van der Waals surface area contributed by atoms with Crippen molar-refractivity contribution < 1.29 is 4.74 Å². The van der Waals surface area contributed by atoms with Crippen LogP contribution in [0.2, 0.25) is 0 Å². The molecule has 0 heterocycles. The third kappa shape index (κ3) is 3.78. The van der Waals surface area contributed by atoms with Crippen molar-refractivity contribution in [3.63, 3.8) is 0 Å². The van der Waals surface area contributed by atoms with E-state index in [2.05, 4.69) is 36.6 Å². The summed E-state index contributed by atoms with van der Waals surface area (Å²) in [5.74, 6) is 6.47. The molecule has 3 N–H and O–H groups in total. The fraction of sp³-hybridized carbons (Fsp3) is 0.625. The van der Waals surface area contributed by atoms with Gasteiger partial charge in [-0.05, 0) is 49.7 Å². The van der Waals surface area contributed by atoms with Crippen LogP contribution in [0.25, 0.3) is 0 Å². The van der Waals surface area contributed by atoms with Crippen molar-refractivity contribution in [2.75, 3.05) is 7.11 Å². The third-order valence-electron chi connectivity index (χ3n) is 4.38. The molecule has 1 aliphatic carbocycles. The minimum absolute atomic E-state index is 0.216. The van der Waals surface area contributed by atoms with Crippen LogP contribution in [0, 0.1) is 0 Å². The maximum absolute atomic E-state index is 5.68. The largest absolute Gasteiger partial charge is 0.382 e. The van der Waals surface area contributed by atoms with Crippen LogP contribution >= 0.6 is 0 Å². The predicted octanol–water partition coefficient (Wildman–Crippen LogP) is 3.27. The second-order valence-corrected chi connectivity index (χ2v) is 5.64. The maximum atomic E-state index is 5.68. The summed E-state index contributed by atoms with van der Waals surface area (Å²) in [6, 6.07) is 9.19. The molecular weight excluding hydrogens is 236 g/mol. The van der Waals surface area contributed by atoms with Crippen molar-refractivity contribution in [2.45, 2.75) is 57.1 Å². The van der Waals surface area contributed by atoms with Crippen LogP contribution in [-0.2, 0) is 4.74 Å². The lowest BCUT2D eigenvalue weighted by atomic mass is 9.80. The number of nitrogens with one attached hydrogen (secondary N) is 1. The van der Waals surface area contributed by atoms with E-state index >= 15 is 0 Å². The van der Waals surface area contributed by atoms with Crippen molar-refractivity contribution >= 4 is 0 Å². The molecule has 0 aliphatic heterocycles. The molecule has 0 saturated heterocycles. The lowest BCUT2D eigenvalue weighted by Gasteiger charge is -2.26. The molecule has 2 rings (SSSR count). The summed E-state index contributed by atoms with van der Waals surface area (Å²) in [6.45, 7) is 2.09. The molecule has 2 atom stereocenters. The molecule has 0 spiro atoms. The van der Waals surface area contributed by atoms with Gasteiger partial charge in [0, 0.05) is 13.2 Å². The van der Waals surface area contributed by atoms with Crippen LogP contribution in [0.4, 0.5) is 0 Å². The minimum Gasteiger partial charge on any atom is -0.382 e. The van der Waals surface area contributed by atoms with E-state index in [1.807, 2.05) is 0 Å². The smallest absolute Gasteiger partial charge is 0.0543 e. The zero-order chi connectivity index (χ0) is 13.7. The topological polar surface area (TPSA) is 47.3 Å². The van der Waals surface area contributed by atoms with Crippen LogP contribution in [0.15, 0.2) is 24.3 Å². The van der Waals surface area contributed by atoms with E-state index in [1.165, 1.54) is 30.4 Å². The van der Waals surface area contributed by atoms with E-state index in [1.54, 1.807) is 7.11 Å². The minimum atomic E-state index is 0.216. The summed E-state index contributed by atoms with van der Waals surface area (Å²) in [6.07, 6.45) is 6.37. The number of ether oxygens (including phenoxy) is 1. The molecule has 19 heavy (non-hydrogen) atoms. The molecule has 0 radical (unpaired) electrons. The first-order valence-electron chi connectivity index (χ1n) is 7.33. The second kappa shape index (κ2) is 7.04. The highest BCUT2D eigenvalue weighted by Crippen LogP contribution is 2.36. The van der Waals surface area contributed by atoms with Crippen molar-refractivity contribution in [1.82, 2.24) is 5.43 Å². The lowest BCUT2D eigenvalue weighted by molar-refractivity contribution is 0.106. The van der Waals surface area contributed by atoms with Gasteiger partial charge in [0.25, 0.3) is 0 Å². The number of hydrazine groups is 1. The molecule has 0 amide bonds. The van der Waals surface area contributed by atoms with E-state index in [4.69, 9.17) is 10.6 Å². The Kier molecular flexibility index (Phi) is 5.37. The van der Waals surface area contributed by atoms with Crippen molar-refractivity contribution in [2.24, 2.45) is 5.84 Å². The van der Waals surface area contributed by atoms with E-state index < -0.39 is 0 Å². The highest BCUT2D eigenvalue weighted by molar-refractivity contribution is 5.28. The molecule has 1 fully saturated rings. The summed E-state index contributed by atoms with van der Waals surface area (Å²) in [5.41, 5.74) is 5.67. The maximum Gasteiger partial charge on any atom is 0.0543 e. The zero-order valence-electron chi connectivity index (χ0n) is 12.1. The quantitative estimate of drug-likeness (QED) is 0.585. The molecule has 3 nitrogen and oxygen atoms in total. The molecule has 0 bridgehead atoms. The SMILES string of the molecule is COC(C)CCC(NN)c1ccc(C2CCC2)cc1. The molecule has 0 aromatic heterocycles. The van der Waals surface area contributed by atoms with Crippen molar-refractivity contribution in [1.29, 1.82) is 0 Å². The number of methoxy groups -OCH3 is 1. The summed E-state index contributed by atoms with van der Waals surface area (Å²) in [4.78, 5) is 0. The molecule has 1 aromatic carbocycles. The molecule has 2 unspecified atom stereocenters. The fourth-order valence-corrected chi connectivity index (χ4v) is 2.61. The van der Waals surface area contributed by atoms with Crippen LogP contribution in [0.3, 0.4) is 0 Å². The molecule has 3 heteroatoms. The summed E-state index contributed by atoms with van der Waals surface area (Å²) in [5, 5.41) is 0. The summed E-state index contributed by atoms with van der Waals surface area (Å²) >= 11 is 0. The van der Waals surface area contributed by atoms with Crippen LogP contribution < -0.4 is 11.3 Å².